The van der Waals surface area contributed by atoms with Crippen molar-refractivity contribution in [2.75, 3.05) is 0 Å². The molecule has 1 aliphatic carbocycles. The molecule has 28 heavy (non-hydrogen) atoms. The number of ether oxygens (including phenoxy) is 1. The van der Waals surface area contributed by atoms with Crippen molar-refractivity contribution in [2.24, 2.45) is 0 Å². The summed E-state index contributed by atoms with van der Waals surface area (Å²) in [4.78, 5) is 14.8. The van der Waals surface area contributed by atoms with Crippen molar-refractivity contribution in [1.29, 1.82) is 0 Å². The van der Waals surface area contributed by atoms with Crippen molar-refractivity contribution in [2.45, 2.75) is 58.5 Å². The smallest absolute Gasteiger partial charge is 0.348 e. The highest BCUT2D eigenvalue weighted by atomic mass is 16.5. The summed E-state index contributed by atoms with van der Waals surface area (Å²) in [6, 6.07) is 16.3. The second kappa shape index (κ2) is 7.34. The molecule has 1 heterocycles. The van der Waals surface area contributed by atoms with Gasteiger partial charge in [-0.15, -0.1) is 0 Å². The van der Waals surface area contributed by atoms with Crippen molar-refractivity contribution in [3.8, 4) is 17.0 Å². The number of hydrogen-bond acceptors (Lipinski definition) is 2. The lowest BCUT2D eigenvalue weighted by molar-refractivity contribution is -0.147. The molecule has 1 saturated carbocycles. The Bertz CT molecular complexity index is 990. The number of fused-ring (bicyclic) bond motifs is 1. The van der Waals surface area contributed by atoms with Gasteiger partial charge in [0.05, 0.1) is 0 Å². The lowest BCUT2D eigenvalue weighted by atomic mass is 9.86. The largest absolute Gasteiger partial charge is 0.478 e. The third kappa shape index (κ3) is 3.91. The first-order valence-corrected chi connectivity index (χ1v) is 9.93. The Labute approximate surface area is 166 Å². The summed E-state index contributed by atoms with van der Waals surface area (Å²) in [7, 11) is 0. The van der Waals surface area contributed by atoms with Gasteiger partial charge in [-0.1, -0.05) is 52.8 Å². The van der Waals surface area contributed by atoms with Gasteiger partial charge in [0, 0.05) is 29.4 Å². The molecule has 0 radical (unpaired) electrons. The molecule has 0 aliphatic heterocycles. The Balaban J connectivity index is 0.00000109. The second-order valence-corrected chi connectivity index (χ2v) is 8.16. The molecule has 1 aromatic heterocycles. The van der Waals surface area contributed by atoms with Gasteiger partial charge in [0.25, 0.3) is 0 Å². The molecule has 0 saturated heterocycles. The average molecular weight is 380 g/mol. The fraction of sp³-hybridized carbons (Fsp3) is 0.375. The van der Waals surface area contributed by atoms with Crippen molar-refractivity contribution < 1.29 is 14.6 Å². The van der Waals surface area contributed by atoms with Gasteiger partial charge in [-0.05, 0) is 46.9 Å². The van der Waals surface area contributed by atoms with E-state index in [4.69, 9.17) is 4.74 Å². The number of nitrogens with one attached hydrogen (secondary N) is 1. The zero-order valence-corrected chi connectivity index (χ0v) is 17.3. The molecule has 0 spiro atoms. The van der Waals surface area contributed by atoms with Crippen molar-refractivity contribution >= 4 is 16.9 Å². The lowest BCUT2D eigenvalue weighted by Crippen LogP contribution is -2.28. The number of rotatable bonds is 4. The molecule has 148 valence electrons. The quantitative estimate of drug-likeness (QED) is 0.571. The van der Waals surface area contributed by atoms with Gasteiger partial charge in [-0.25, -0.2) is 4.79 Å². The van der Waals surface area contributed by atoms with E-state index >= 15 is 0 Å². The minimum absolute atomic E-state index is 0.0957. The zero-order chi connectivity index (χ0) is 20.5. The van der Waals surface area contributed by atoms with Crippen LogP contribution in [0, 0.1) is 0 Å². The van der Waals surface area contributed by atoms with Gasteiger partial charge in [0.2, 0.25) is 5.60 Å². The maximum Gasteiger partial charge on any atom is 0.348 e. The number of carboxylic acid groups (broad SMARTS) is 1. The summed E-state index contributed by atoms with van der Waals surface area (Å²) in [6.45, 7) is 10.6. The lowest BCUT2D eigenvalue weighted by Gasteiger charge is -2.19. The zero-order valence-electron chi connectivity index (χ0n) is 17.3. The number of aromatic amines is 1. The molecular formula is C24H29NO3. The Hall–Kier alpha value is -2.75. The normalized spacial score (nSPS) is 14.9. The maximum atomic E-state index is 11.3. The first kappa shape index (κ1) is 20.0. The van der Waals surface area contributed by atoms with E-state index < -0.39 is 11.6 Å². The van der Waals surface area contributed by atoms with Crippen LogP contribution in [0.5, 0.6) is 5.75 Å². The summed E-state index contributed by atoms with van der Waals surface area (Å²) in [6.07, 6.45) is 1.14. The van der Waals surface area contributed by atoms with Crippen LogP contribution in [0.4, 0.5) is 0 Å². The number of benzene rings is 2. The molecule has 4 nitrogen and oxygen atoms in total. The standard InChI is InChI=1S/C22H23NO3.C2H6/c1-21(2,3)16-6-4-5-14(11-16)19-13-15-12-17(7-8-18(15)23-19)26-22(9-10-22)20(24)25;1-2/h4-8,11-13,23H,9-10H2,1-3H3,(H,24,25);1-2H3. The number of aromatic nitrogens is 1. The number of carbonyl (C=O) groups is 1. The number of carboxylic acids is 1. The van der Waals surface area contributed by atoms with Crippen LogP contribution in [0.2, 0.25) is 0 Å². The molecule has 0 amide bonds. The molecule has 4 rings (SSSR count). The molecule has 1 aliphatic rings. The average Bonchev–Trinajstić information content (AvgIpc) is 3.33. The van der Waals surface area contributed by atoms with Crippen LogP contribution in [-0.4, -0.2) is 21.7 Å². The molecular weight excluding hydrogens is 350 g/mol. The third-order valence-electron chi connectivity index (χ3n) is 5.04. The van der Waals surface area contributed by atoms with Crippen LogP contribution in [0.1, 0.15) is 53.0 Å². The van der Waals surface area contributed by atoms with E-state index in [2.05, 4.69) is 56.1 Å². The van der Waals surface area contributed by atoms with Gasteiger partial charge in [0.1, 0.15) is 5.75 Å². The SMILES string of the molecule is CC.CC(C)(C)c1cccc(-c2cc3cc(OC4(C(=O)O)CC4)ccc3[nH]2)c1. The van der Waals surface area contributed by atoms with E-state index in [0.29, 0.717) is 18.6 Å². The van der Waals surface area contributed by atoms with Crippen LogP contribution in [-0.2, 0) is 10.2 Å². The molecule has 4 heteroatoms. The number of H-pyrrole nitrogens is 1. The van der Waals surface area contributed by atoms with Crippen molar-refractivity contribution in [3.63, 3.8) is 0 Å². The number of aliphatic carboxylic acids is 1. The Morgan fingerprint density at radius 1 is 1.07 bits per heavy atom. The predicted molar refractivity (Wildman–Crippen MR) is 114 cm³/mol. The van der Waals surface area contributed by atoms with Crippen molar-refractivity contribution in [3.05, 3.63) is 54.1 Å². The Morgan fingerprint density at radius 2 is 1.79 bits per heavy atom. The number of hydrogen-bond donors (Lipinski definition) is 2. The first-order valence-electron chi connectivity index (χ1n) is 9.93. The monoisotopic (exact) mass is 379 g/mol. The third-order valence-corrected chi connectivity index (χ3v) is 5.04. The topological polar surface area (TPSA) is 62.3 Å². The van der Waals surface area contributed by atoms with E-state index in [-0.39, 0.29) is 5.41 Å². The van der Waals surface area contributed by atoms with Crippen LogP contribution in [0.25, 0.3) is 22.2 Å². The summed E-state index contributed by atoms with van der Waals surface area (Å²) >= 11 is 0. The Kier molecular flexibility index (Phi) is 5.24. The van der Waals surface area contributed by atoms with Crippen LogP contribution in [0.15, 0.2) is 48.5 Å². The highest BCUT2D eigenvalue weighted by molar-refractivity contribution is 5.87. The minimum Gasteiger partial charge on any atom is -0.478 e. The van der Waals surface area contributed by atoms with Crippen molar-refractivity contribution in [1.82, 2.24) is 4.98 Å². The van der Waals surface area contributed by atoms with Crippen LogP contribution < -0.4 is 4.74 Å². The summed E-state index contributed by atoms with van der Waals surface area (Å²) in [5.41, 5.74) is 3.55. The highest BCUT2D eigenvalue weighted by Gasteiger charge is 2.53. The van der Waals surface area contributed by atoms with E-state index in [1.165, 1.54) is 5.56 Å². The van der Waals surface area contributed by atoms with E-state index in [9.17, 15) is 9.90 Å². The molecule has 2 aromatic carbocycles. The van der Waals surface area contributed by atoms with Gasteiger partial charge >= 0.3 is 5.97 Å². The van der Waals surface area contributed by atoms with Crippen LogP contribution in [0.3, 0.4) is 0 Å². The molecule has 0 bridgehead atoms. The second-order valence-electron chi connectivity index (χ2n) is 8.16. The minimum atomic E-state index is -1.02. The molecule has 2 N–H and O–H groups in total. The fourth-order valence-corrected chi connectivity index (χ4v) is 3.18. The van der Waals surface area contributed by atoms with Crippen LogP contribution >= 0.6 is 0 Å². The highest BCUT2D eigenvalue weighted by Crippen LogP contribution is 2.41. The fourth-order valence-electron chi connectivity index (χ4n) is 3.18. The van der Waals surface area contributed by atoms with E-state index in [1.54, 1.807) is 0 Å². The molecule has 0 unspecified atom stereocenters. The summed E-state index contributed by atoms with van der Waals surface area (Å²) in [5.74, 6) is -0.280. The van der Waals surface area contributed by atoms with Gasteiger partial charge < -0.3 is 14.8 Å². The summed E-state index contributed by atoms with van der Waals surface area (Å²) in [5, 5.41) is 10.3. The maximum absolute atomic E-state index is 11.3. The van der Waals surface area contributed by atoms with E-state index in [1.807, 2.05) is 32.0 Å². The van der Waals surface area contributed by atoms with Gasteiger partial charge in [-0.3, -0.25) is 0 Å². The Morgan fingerprint density at radius 3 is 2.39 bits per heavy atom. The van der Waals surface area contributed by atoms with Gasteiger partial charge in [-0.2, -0.15) is 0 Å². The van der Waals surface area contributed by atoms with E-state index in [0.717, 1.165) is 22.2 Å². The molecule has 3 aromatic rings. The predicted octanol–water partition coefficient (Wildman–Crippen LogP) is 6.15. The molecule has 1 fully saturated rings. The van der Waals surface area contributed by atoms with Gasteiger partial charge in [0.15, 0.2) is 0 Å². The first-order chi connectivity index (χ1) is 13.3. The molecule has 0 atom stereocenters. The summed E-state index contributed by atoms with van der Waals surface area (Å²) < 4.78 is 5.75.